The molecule has 4 aliphatic heterocycles. The van der Waals surface area contributed by atoms with Crippen LogP contribution in [-0.2, 0) is 27.3 Å². The number of ether oxygens (including phenoxy) is 1. The van der Waals surface area contributed by atoms with Crippen LogP contribution in [0.25, 0.3) is 10.9 Å². The molecule has 0 bridgehead atoms. The minimum atomic E-state index is -0.709. The molecule has 310 valence electrons. The lowest BCUT2D eigenvalue weighted by Crippen LogP contribution is -2.52. The van der Waals surface area contributed by atoms with Crippen LogP contribution in [0.2, 0.25) is 0 Å². The molecular formula is C45H52FN7O6. The molecule has 4 aromatic rings. The maximum atomic E-state index is 15.5. The summed E-state index contributed by atoms with van der Waals surface area (Å²) in [5.74, 6) is -1.41. The second-order valence-electron chi connectivity index (χ2n) is 17.4. The molecule has 4 aliphatic rings. The number of hydrogen-bond donors (Lipinski definition) is 2. The first kappa shape index (κ1) is 40.2. The van der Waals surface area contributed by atoms with Gasteiger partial charge in [0.2, 0.25) is 11.8 Å². The van der Waals surface area contributed by atoms with Crippen molar-refractivity contribution in [2.24, 2.45) is 5.92 Å². The van der Waals surface area contributed by atoms with Crippen molar-refractivity contribution < 1.29 is 33.1 Å². The fourth-order valence-corrected chi connectivity index (χ4v) is 9.24. The third-order valence-electron chi connectivity index (χ3n) is 12.3. The molecule has 2 N–H and O–H groups in total. The molecule has 3 fully saturated rings. The molecule has 3 saturated heterocycles. The second-order valence-corrected chi connectivity index (χ2v) is 17.4. The Kier molecular flexibility index (Phi) is 11.0. The van der Waals surface area contributed by atoms with Gasteiger partial charge >= 0.3 is 6.09 Å². The summed E-state index contributed by atoms with van der Waals surface area (Å²) in [4.78, 5) is 75.0. The van der Waals surface area contributed by atoms with E-state index in [2.05, 4.69) is 25.4 Å². The number of likely N-dealkylation sites (tertiary alicyclic amines) is 1. The Hall–Kier alpha value is -5.63. The zero-order valence-corrected chi connectivity index (χ0v) is 34.2. The molecule has 6 heterocycles. The third-order valence-corrected chi connectivity index (χ3v) is 12.3. The van der Waals surface area contributed by atoms with Crippen LogP contribution in [0.5, 0.6) is 0 Å². The summed E-state index contributed by atoms with van der Waals surface area (Å²) >= 11 is 0. The zero-order valence-electron chi connectivity index (χ0n) is 34.2. The van der Waals surface area contributed by atoms with Gasteiger partial charge in [-0.05, 0) is 128 Å². The van der Waals surface area contributed by atoms with Crippen LogP contribution >= 0.6 is 0 Å². The molecule has 8 rings (SSSR count). The van der Waals surface area contributed by atoms with Gasteiger partial charge < -0.3 is 19.9 Å². The van der Waals surface area contributed by atoms with Crippen molar-refractivity contribution in [3.05, 3.63) is 88.5 Å². The van der Waals surface area contributed by atoms with Gasteiger partial charge in [0.15, 0.2) is 0 Å². The van der Waals surface area contributed by atoms with E-state index in [0.29, 0.717) is 36.4 Å². The van der Waals surface area contributed by atoms with E-state index in [0.717, 1.165) is 86.1 Å². The second kappa shape index (κ2) is 16.2. The van der Waals surface area contributed by atoms with Crippen molar-refractivity contribution >= 4 is 52.1 Å². The molecule has 14 heteroatoms. The molecule has 2 aromatic heterocycles. The summed E-state index contributed by atoms with van der Waals surface area (Å²) in [5, 5.41) is 5.84. The number of benzene rings is 2. The van der Waals surface area contributed by atoms with E-state index >= 15 is 4.39 Å². The average molecular weight is 806 g/mol. The predicted octanol–water partition coefficient (Wildman–Crippen LogP) is 6.98. The number of nitrogens with one attached hydrogen (secondary N) is 2. The number of piperidine rings is 2. The Morgan fingerprint density at radius 3 is 2.49 bits per heavy atom. The standard InChI is InChI=1S/C45H52FN7O6/c1-45(2,3)59-44(58)53-37-24-39(47-25-29(37)23-38(53)35-12-7-19-50(35)4)48-41(55)31-14-13-28(22-33(31)46)9-5-8-27-17-20-51(21-18-27)34-11-6-10-30-32(34)26-52(43(30)57)36-15-16-40(54)49-42(36)56/h6,10-11,13-14,22-25,27,35-36H,5,7-9,12,15-21,26H2,1-4H3,(H,47,48,55)(H,49,54,56)/t35-,36?/m1/s1. The van der Waals surface area contributed by atoms with Crippen LogP contribution in [0.3, 0.4) is 0 Å². The fraction of sp³-hybridized carbons (Fsp3) is 0.467. The highest BCUT2D eigenvalue weighted by atomic mass is 19.1. The van der Waals surface area contributed by atoms with Crippen molar-refractivity contribution in [1.82, 2.24) is 24.7 Å². The van der Waals surface area contributed by atoms with E-state index < -0.39 is 35.4 Å². The average Bonchev–Trinajstić information content (AvgIpc) is 3.88. The summed E-state index contributed by atoms with van der Waals surface area (Å²) in [6, 6.07) is 13.5. The molecule has 2 atom stereocenters. The number of hydrogen-bond acceptors (Lipinski definition) is 9. The zero-order chi connectivity index (χ0) is 41.6. The van der Waals surface area contributed by atoms with Gasteiger partial charge in [0.1, 0.15) is 23.3 Å². The third kappa shape index (κ3) is 8.32. The van der Waals surface area contributed by atoms with E-state index in [4.69, 9.17) is 4.74 Å². The number of rotatable bonds is 9. The number of nitrogens with zero attached hydrogens (tertiary/aromatic N) is 5. The molecule has 13 nitrogen and oxygen atoms in total. The number of pyridine rings is 1. The van der Waals surface area contributed by atoms with Crippen LogP contribution < -0.4 is 15.5 Å². The highest BCUT2D eigenvalue weighted by molar-refractivity contribution is 6.06. The molecule has 0 radical (unpaired) electrons. The summed E-state index contributed by atoms with van der Waals surface area (Å²) in [5.41, 5.74) is 3.97. The lowest BCUT2D eigenvalue weighted by molar-refractivity contribution is -0.136. The van der Waals surface area contributed by atoms with E-state index in [1.54, 1.807) is 27.8 Å². The number of carbonyl (C=O) groups is 5. The molecular weight excluding hydrogens is 754 g/mol. The molecule has 4 amide bonds. The maximum Gasteiger partial charge on any atom is 0.419 e. The number of imide groups is 1. The number of aromatic nitrogens is 2. The van der Waals surface area contributed by atoms with Gasteiger partial charge in [-0.25, -0.2) is 18.7 Å². The van der Waals surface area contributed by atoms with Gasteiger partial charge in [0, 0.05) is 66.2 Å². The first-order chi connectivity index (χ1) is 28.2. The highest BCUT2D eigenvalue weighted by Gasteiger charge is 2.40. The Bertz CT molecular complexity index is 2330. The molecule has 0 aliphatic carbocycles. The molecule has 0 saturated carbocycles. The maximum absolute atomic E-state index is 15.5. The van der Waals surface area contributed by atoms with Crippen molar-refractivity contribution in [1.29, 1.82) is 0 Å². The van der Waals surface area contributed by atoms with Crippen LogP contribution in [-0.4, -0.2) is 87.4 Å². The Morgan fingerprint density at radius 1 is 0.983 bits per heavy atom. The van der Waals surface area contributed by atoms with E-state index in [-0.39, 0.29) is 35.7 Å². The first-order valence-electron chi connectivity index (χ1n) is 20.8. The van der Waals surface area contributed by atoms with E-state index in [1.807, 2.05) is 52.1 Å². The van der Waals surface area contributed by atoms with Gasteiger partial charge in [-0.1, -0.05) is 12.1 Å². The summed E-state index contributed by atoms with van der Waals surface area (Å²) < 4.78 is 22.8. The molecule has 2 aromatic carbocycles. The van der Waals surface area contributed by atoms with Crippen LogP contribution in [0.15, 0.2) is 54.7 Å². The topological polar surface area (TPSA) is 146 Å². The Balaban J connectivity index is 0.857. The summed E-state index contributed by atoms with van der Waals surface area (Å²) in [6.07, 6.45) is 8.11. The van der Waals surface area contributed by atoms with Crippen molar-refractivity contribution in [3.63, 3.8) is 0 Å². The molecule has 0 spiro atoms. The monoisotopic (exact) mass is 805 g/mol. The lowest BCUT2D eigenvalue weighted by atomic mass is 9.90. The number of halogens is 1. The van der Waals surface area contributed by atoms with E-state index in [9.17, 15) is 24.0 Å². The van der Waals surface area contributed by atoms with Crippen LogP contribution in [0, 0.1) is 11.7 Å². The van der Waals surface area contributed by atoms with Gasteiger partial charge in [-0.2, -0.15) is 0 Å². The number of fused-ring (bicyclic) bond motifs is 2. The highest BCUT2D eigenvalue weighted by Crippen LogP contribution is 2.38. The smallest absolute Gasteiger partial charge is 0.419 e. The molecule has 59 heavy (non-hydrogen) atoms. The number of carbonyl (C=O) groups excluding carboxylic acids is 5. The number of aryl methyl sites for hydroxylation is 1. The largest absolute Gasteiger partial charge is 0.443 e. The predicted molar refractivity (Wildman–Crippen MR) is 221 cm³/mol. The van der Waals surface area contributed by atoms with Crippen molar-refractivity contribution in [2.75, 3.05) is 36.9 Å². The number of amides is 4. The quantitative estimate of drug-likeness (QED) is 0.171. The minimum Gasteiger partial charge on any atom is -0.443 e. The minimum absolute atomic E-state index is 0.0337. The van der Waals surface area contributed by atoms with E-state index in [1.165, 1.54) is 12.1 Å². The van der Waals surface area contributed by atoms with Gasteiger partial charge in [-0.3, -0.25) is 29.4 Å². The van der Waals surface area contributed by atoms with Gasteiger partial charge in [-0.15, -0.1) is 0 Å². The van der Waals surface area contributed by atoms with Gasteiger partial charge in [0.05, 0.1) is 17.1 Å². The first-order valence-corrected chi connectivity index (χ1v) is 20.8. The number of anilines is 2. The Labute approximate surface area is 343 Å². The van der Waals surface area contributed by atoms with Crippen LogP contribution in [0.1, 0.15) is 116 Å². The van der Waals surface area contributed by atoms with Gasteiger partial charge in [0.25, 0.3) is 11.8 Å². The SMILES string of the molecule is CN1CCC[C@@H]1c1cc2cnc(NC(=O)c3ccc(CCCC4CCN(c5cccc6c5CN(C5CCC(=O)NC5=O)C6=O)CC4)cc3F)cc2n1C(=O)OC(C)(C)C. The Morgan fingerprint density at radius 2 is 1.78 bits per heavy atom. The normalized spacial score (nSPS) is 20.3. The van der Waals surface area contributed by atoms with Crippen LogP contribution in [0.4, 0.5) is 20.7 Å². The lowest BCUT2D eigenvalue weighted by Gasteiger charge is -2.35. The van der Waals surface area contributed by atoms with Crippen molar-refractivity contribution in [2.45, 2.75) is 103 Å². The summed E-state index contributed by atoms with van der Waals surface area (Å²) in [6.45, 7) is 8.43. The fourth-order valence-electron chi connectivity index (χ4n) is 9.24. The van der Waals surface area contributed by atoms with Crippen molar-refractivity contribution in [3.8, 4) is 0 Å². The summed E-state index contributed by atoms with van der Waals surface area (Å²) in [7, 11) is 2.04. The molecule has 1 unspecified atom stereocenters.